The molecule has 2 heteroatoms. The molecular formula is C11H12O2. The van der Waals surface area contributed by atoms with Crippen molar-refractivity contribution < 1.29 is 9.47 Å². The molecule has 68 valence electrons. The second kappa shape index (κ2) is 3.52. The van der Waals surface area contributed by atoms with E-state index in [1.807, 2.05) is 24.3 Å². The first-order valence-corrected chi connectivity index (χ1v) is 4.39. The molecule has 1 aromatic rings. The van der Waals surface area contributed by atoms with Gasteiger partial charge >= 0.3 is 0 Å². The molecule has 0 aromatic heterocycles. The molecule has 0 spiro atoms. The van der Waals surface area contributed by atoms with Crippen LogP contribution in [0.25, 0.3) is 0 Å². The lowest BCUT2D eigenvalue weighted by atomic mass is 10.1. The first-order chi connectivity index (χ1) is 6.40. The van der Waals surface area contributed by atoms with Crippen molar-refractivity contribution in [3.8, 4) is 11.5 Å². The lowest BCUT2D eigenvalue weighted by Gasteiger charge is -2.18. The van der Waals surface area contributed by atoms with Crippen LogP contribution in [0.2, 0.25) is 0 Å². The summed E-state index contributed by atoms with van der Waals surface area (Å²) in [6, 6.07) is 6.00. The number of benzene rings is 1. The number of allylic oxidation sites excluding steroid dienone is 1. The monoisotopic (exact) mass is 176 g/mol. The zero-order valence-corrected chi connectivity index (χ0v) is 7.45. The lowest BCUT2D eigenvalue weighted by molar-refractivity contribution is 0.171. The van der Waals surface area contributed by atoms with Gasteiger partial charge in [-0.25, -0.2) is 0 Å². The minimum absolute atomic E-state index is 0.643. The highest BCUT2D eigenvalue weighted by Crippen LogP contribution is 2.30. The van der Waals surface area contributed by atoms with Gasteiger partial charge in [-0.2, -0.15) is 0 Å². The highest BCUT2D eigenvalue weighted by atomic mass is 16.6. The molecule has 13 heavy (non-hydrogen) atoms. The molecule has 0 atom stereocenters. The lowest BCUT2D eigenvalue weighted by Crippen LogP contribution is -2.15. The van der Waals surface area contributed by atoms with Gasteiger partial charge in [0.2, 0.25) is 0 Å². The average molecular weight is 176 g/mol. The molecule has 2 rings (SSSR count). The van der Waals surface area contributed by atoms with Crippen molar-refractivity contribution in [3.05, 3.63) is 36.4 Å². The molecule has 0 fully saturated rings. The average Bonchev–Trinajstić information content (AvgIpc) is 2.18. The van der Waals surface area contributed by atoms with E-state index in [-0.39, 0.29) is 0 Å². The van der Waals surface area contributed by atoms with Gasteiger partial charge in [-0.15, -0.1) is 6.58 Å². The van der Waals surface area contributed by atoms with Gasteiger partial charge in [0.05, 0.1) is 0 Å². The van der Waals surface area contributed by atoms with Gasteiger partial charge in [0.15, 0.2) is 11.5 Å². The Labute approximate surface area is 77.8 Å². The van der Waals surface area contributed by atoms with E-state index in [1.165, 1.54) is 5.56 Å². The summed E-state index contributed by atoms with van der Waals surface area (Å²) in [5.74, 6) is 1.70. The van der Waals surface area contributed by atoms with E-state index < -0.39 is 0 Å². The summed E-state index contributed by atoms with van der Waals surface area (Å²) in [7, 11) is 0. The van der Waals surface area contributed by atoms with Crippen molar-refractivity contribution in [1.82, 2.24) is 0 Å². The molecule has 1 aliphatic rings. The van der Waals surface area contributed by atoms with Crippen molar-refractivity contribution in [2.45, 2.75) is 6.42 Å². The zero-order valence-electron chi connectivity index (χ0n) is 7.45. The fourth-order valence-corrected chi connectivity index (χ4v) is 1.38. The minimum atomic E-state index is 0.643. The maximum absolute atomic E-state index is 5.45. The SMILES string of the molecule is C=CCc1ccc2c(c1)OCCO2. The molecule has 0 bridgehead atoms. The number of hydrogen-bond donors (Lipinski definition) is 0. The van der Waals surface area contributed by atoms with Crippen molar-refractivity contribution in [3.63, 3.8) is 0 Å². The molecule has 0 aliphatic carbocycles. The molecule has 0 N–H and O–H groups in total. The van der Waals surface area contributed by atoms with Crippen LogP contribution in [0.4, 0.5) is 0 Å². The van der Waals surface area contributed by atoms with Crippen molar-refractivity contribution in [1.29, 1.82) is 0 Å². The second-order valence-electron chi connectivity index (χ2n) is 2.97. The smallest absolute Gasteiger partial charge is 0.161 e. The first kappa shape index (κ1) is 8.17. The van der Waals surface area contributed by atoms with E-state index in [0.29, 0.717) is 13.2 Å². The largest absolute Gasteiger partial charge is 0.486 e. The molecule has 0 saturated carbocycles. The molecule has 0 saturated heterocycles. The number of hydrogen-bond acceptors (Lipinski definition) is 2. The Hall–Kier alpha value is -1.44. The first-order valence-electron chi connectivity index (χ1n) is 4.39. The summed E-state index contributed by atoms with van der Waals surface area (Å²) in [6.45, 7) is 4.99. The van der Waals surface area contributed by atoms with Crippen LogP contribution >= 0.6 is 0 Å². The van der Waals surface area contributed by atoms with E-state index >= 15 is 0 Å². The van der Waals surface area contributed by atoms with Crippen LogP contribution < -0.4 is 9.47 Å². The van der Waals surface area contributed by atoms with Crippen LogP contribution in [0, 0.1) is 0 Å². The van der Waals surface area contributed by atoms with E-state index in [0.717, 1.165) is 17.9 Å². The van der Waals surface area contributed by atoms with Crippen LogP contribution in [-0.2, 0) is 6.42 Å². The standard InChI is InChI=1S/C11H12O2/c1-2-3-9-4-5-10-11(8-9)13-7-6-12-10/h2,4-5,8H,1,3,6-7H2. The maximum atomic E-state index is 5.45. The Morgan fingerprint density at radius 1 is 1.23 bits per heavy atom. The van der Waals surface area contributed by atoms with Crippen LogP contribution in [-0.4, -0.2) is 13.2 Å². The molecule has 0 radical (unpaired) electrons. The van der Waals surface area contributed by atoms with Crippen molar-refractivity contribution >= 4 is 0 Å². The molecule has 1 heterocycles. The van der Waals surface area contributed by atoms with Crippen LogP contribution in [0.15, 0.2) is 30.9 Å². The predicted molar refractivity (Wildman–Crippen MR) is 51.3 cm³/mol. The Balaban J connectivity index is 2.29. The number of rotatable bonds is 2. The molecule has 0 amide bonds. The highest BCUT2D eigenvalue weighted by molar-refractivity contribution is 5.44. The predicted octanol–water partition coefficient (Wildman–Crippen LogP) is 2.19. The highest BCUT2D eigenvalue weighted by Gasteiger charge is 2.10. The summed E-state index contributed by atoms with van der Waals surface area (Å²) >= 11 is 0. The van der Waals surface area contributed by atoms with Gasteiger partial charge in [0.25, 0.3) is 0 Å². The Morgan fingerprint density at radius 2 is 2.00 bits per heavy atom. The minimum Gasteiger partial charge on any atom is -0.486 e. The normalized spacial score (nSPS) is 13.8. The van der Waals surface area contributed by atoms with Gasteiger partial charge in [-0.3, -0.25) is 0 Å². The molecule has 1 aromatic carbocycles. The quantitative estimate of drug-likeness (QED) is 0.643. The fraction of sp³-hybridized carbons (Fsp3) is 0.273. The van der Waals surface area contributed by atoms with Gasteiger partial charge in [0, 0.05) is 0 Å². The van der Waals surface area contributed by atoms with E-state index in [2.05, 4.69) is 6.58 Å². The molecular weight excluding hydrogens is 164 g/mol. The Bertz CT molecular complexity index is 318. The topological polar surface area (TPSA) is 18.5 Å². The van der Waals surface area contributed by atoms with Crippen LogP contribution in [0.1, 0.15) is 5.56 Å². The van der Waals surface area contributed by atoms with Gasteiger partial charge in [0.1, 0.15) is 13.2 Å². The third-order valence-electron chi connectivity index (χ3n) is 1.99. The summed E-state index contributed by atoms with van der Waals surface area (Å²) < 4.78 is 10.9. The second-order valence-corrected chi connectivity index (χ2v) is 2.97. The Morgan fingerprint density at radius 3 is 2.77 bits per heavy atom. The molecule has 0 unspecified atom stereocenters. The van der Waals surface area contributed by atoms with Gasteiger partial charge < -0.3 is 9.47 Å². The summed E-state index contributed by atoms with van der Waals surface area (Å²) in [5, 5.41) is 0. The number of ether oxygens (including phenoxy) is 2. The van der Waals surface area contributed by atoms with Crippen molar-refractivity contribution in [2.75, 3.05) is 13.2 Å². The van der Waals surface area contributed by atoms with Crippen molar-refractivity contribution in [2.24, 2.45) is 0 Å². The van der Waals surface area contributed by atoms with Crippen LogP contribution in [0.3, 0.4) is 0 Å². The number of fused-ring (bicyclic) bond motifs is 1. The van der Waals surface area contributed by atoms with Crippen LogP contribution in [0.5, 0.6) is 11.5 Å². The zero-order chi connectivity index (χ0) is 9.10. The maximum Gasteiger partial charge on any atom is 0.161 e. The van der Waals surface area contributed by atoms with E-state index in [4.69, 9.17) is 9.47 Å². The summed E-state index contributed by atoms with van der Waals surface area (Å²) in [5.41, 5.74) is 1.21. The summed E-state index contributed by atoms with van der Waals surface area (Å²) in [4.78, 5) is 0. The molecule has 1 aliphatic heterocycles. The third-order valence-corrected chi connectivity index (χ3v) is 1.99. The van der Waals surface area contributed by atoms with Gasteiger partial charge in [-0.1, -0.05) is 12.1 Å². The van der Waals surface area contributed by atoms with E-state index in [9.17, 15) is 0 Å². The third kappa shape index (κ3) is 1.66. The fourth-order valence-electron chi connectivity index (χ4n) is 1.38. The summed E-state index contributed by atoms with van der Waals surface area (Å²) in [6.07, 6.45) is 2.75. The van der Waals surface area contributed by atoms with E-state index in [1.54, 1.807) is 0 Å². The molecule has 2 nitrogen and oxygen atoms in total. The van der Waals surface area contributed by atoms with Gasteiger partial charge in [-0.05, 0) is 24.1 Å². The Kier molecular flexibility index (Phi) is 2.21.